The van der Waals surface area contributed by atoms with Crippen LogP contribution in [0.2, 0.25) is 0 Å². The number of piperidine rings is 3. The van der Waals surface area contributed by atoms with E-state index in [-0.39, 0.29) is 24.1 Å². The number of hydrogen-bond donors (Lipinski definition) is 1. The first kappa shape index (κ1) is 16.1. The van der Waals surface area contributed by atoms with Crippen LogP contribution in [0.3, 0.4) is 0 Å². The van der Waals surface area contributed by atoms with Gasteiger partial charge in [0.25, 0.3) is 0 Å². The van der Waals surface area contributed by atoms with Crippen LogP contribution in [0.15, 0.2) is 40.3 Å². The lowest BCUT2D eigenvalue weighted by atomic mass is 9.64. The van der Waals surface area contributed by atoms with Crippen LogP contribution in [0.1, 0.15) is 25.7 Å². The van der Waals surface area contributed by atoms with Gasteiger partial charge in [0.05, 0.1) is 5.70 Å². The van der Waals surface area contributed by atoms with Gasteiger partial charge in [-0.3, -0.25) is 14.8 Å². The molecule has 1 N–H and O–H groups in total. The number of nitrogens with one attached hydrogen (secondary N) is 1. The van der Waals surface area contributed by atoms with Crippen molar-refractivity contribution in [3.63, 3.8) is 0 Å². The molecule has 0 radical (unpaired) electrons. The molecule has 6 rings (SSSR count). The molecular formula is C18H23ClN4O. The molecule has 3 saturated heterocycles. The highest BCUT2D eigenvalue weighted by Gasteiger charge is 2.45. The van der Waals surface area contributed by atoms with Gasteiger partial charge in [-0.15, -0.1) is 12.4 Å². The Balaban J connectivity index is 0.00000146. The zero-order valence-electron chi connectivity index (χ0n) is 13.7. The molecule has 5 nitrogen and oxygen atoms in total. The van der Waals surface area contributed by atoms with Gasteiger partial charge in [-0.1, -0.05) is 0 Å². The van der Waals surface area contributed by atoms with E-state index in [2.05, 4.69) is 15.3 Å². The Hall–Kier alpha value is -1.43. The van der Waals surface area contributed by atoms with Gasteiger partial charge in [0.2, 0.25) is 0 Å². The van der Waals surface area contributed by atoms with E-state index in [1.165, 1.54) is 44.5 Å². The van der Waals surface area contributed by atoms with Crippen molar-refractivity contribution in [2.75, 3.05) is 26.2 Å². The minimum absolute atomic E-state index is 0. The second kappa shape index (κ2) is 5.83. The van der Waals surface area contributed by atoms with E-state index in [1.807, 2.05) is 23.5 Å². The Bertz CT molecular complexity index is 671. The molecule has 1 aliphatic carbocycles. The zero-order valence-corrected chi connectivity index (χ0v) is 14.5. The Kier molecular flexibility index (Phi) is 3.90. The number of carbonyl (C=O) groups is 1. The van der Waals surface area contributed by atoms with Crippen LogP contribution in [0.25, 0.3) is 0 Å². The summed E-state index contributed by atoms with van der Waals surface area (Å²) in [7, 11) is 0. The first-order chi connectivity index (χ1) is 11.2. The fourth-order valence-corrected chi connectivity index (χ4v) is 4.91. The third kappa shape index (κ3) is 2.38. The molecular weight excluding hydrogens is 324 g/mol. The summed E-state index contributed by atoms with van der Waals surface area (Å²) in [6.45, 7) is 4.43. The molecule has 0 saturated carbocycles. The largest absolute Gasteiger partial charge is 0.303 e. The Morgan fingerprint density at radius 1 is 1.25 bits per heavy atom. The molecule has 3 fully saturated rings. The number of fused-ring (bicyclic) bond motifs is 3. The van der Waals surface area contributed by atoms with Gasteiger partial charge in [0.15, 0.2) is 5.78 Å². The molecule has 1 atom stereocenters. The lowest BCUT2D eigenvalue weighted by Gasteiger charge is -2.50. The van der Waals surface area contributed by atoms with E-state index >= 15 is 0 Å². The maximum absolute atomic E-state index is 12.8. The summed E-state index contributed by atoms with van der Waals surface area (Å²) >= 11 is 0. The van der Waals surface area contributed by atoms with E-state index in [0.717, 1.165) is 24.2 Å². The van der Waals surface area contributed by atoms with Crippen LogP contribution in [-0.2, 0) is 4.79 Å². The number of rotatable bonds is 2. The lowest BCUT2D eigenvalue weighted by Crippen LogP contribution is -2.49. The molecule has 24 heavy (non-hydrogen) atoms. The van der Waals surface area contributed by atoms with Crippen molar-refractivity contribution in [3.8, 4) is 0 Å². The number of ketones is 1. The summed E-state index contributed by atoms with van der Waals surface area (Å²) in [5.74, 6) is 0.328. The first-order valence-electron chi connectivity index (χ1n) is 8.68. The maximum atomic E-state index is 12.8. The van der Waals surface area contributed by atoms with Gasteiger partial charge in [-0.05, 0) is 62.4 Å². The number of aliphatic imine (C=N–C) groups is 1. The molecule has 6 heteroatoms. The predicted molar refractivity (Wildman–Crippen MR) is 95.7 cm³/mol. The van der Waals surface area contributed by atoms with E-state index in [4.69, 9.17) is 0 Å². The smallest absolute Gasteiger partial charge is 0.163 e. The maximum Gasteiger partial charge on any atom is 0.163 e. The van der Waals surface area contributed by atoms with Gasteiger partial charge in [0, 0.05) is 36.7 Å². The summed E-state index contributed by atoms with van der Waals surface area (Å²) in [6.07, 6.45) is 12.1. The molecule has 0 aromatic rings. The second-order valence-electron chi connectivity index (χ2n) is 7.51. The number of allylic oxidation sites excluding steroid dienone is 2. The summed E-state index contributed by atoms with van der Waals surface area (Å²) < 4.78 is 0. The van der Waals surface area contributed by atoms with Crippen molar-refractivity contribution in [1.82, 2.24) is 15.3 Å². The molecule has 0 amide bonds. The van der Waals surface area contributed by atoms with Crippen molar-refractivity contribution in [1.29, 1.82) is 0 Å². The van der Waals surface area contributed by atoms with Gasteiger partial charge >= 0.3 is 0 Å². The molecule has 0 aromatic carbocycles. The highest BCUT2D eigenvalue weighted by Crippen LogP contribution is 2.48. The fourth-order valence-electron chi connectivity index (χ4n) is 4.91. The van der Waals surface area contributed by atoms with E-state index in [1.54, 1.807) is 6.20 Å². The highest BCUT2D eigenvalue weighted by molar-refractivity contribution is 6.04. The third-order valence-electron chi connectivity index (χ3n) is 6.35. The first-order valence-corrected chi connectivity index (χ1v) is 8.68. The van der Waals surface area contributed by atoms with Gasteiger partial charge in [-0.2, -0.15) is 0 Å². The molecule has 5 aliphatic heterocycles. The molecule has 0 spiro atoms. The molecule has 6 aliphatic rings. The zero-order chi connectivity index (χ0) is 15.4. The SMILES string of the molecule is Cl.O=C1C=C2C=NC=CN3NCC(=C23)C1CC12CCN(CC1)CC2. The standard InChI is InChI=1S/C18H22N4O.ClH/c23-16-9-13-11-19-4-8-22-17(13)15(12-20-22)14(16)10-18-1-5-21(6-2-18)7-3-18;/h4,8-9,11,14,20H,1-3,5-7,10,12H2;1H. The molecule has 1 unspecified atom stereocenters. The quantitative estimate of drug-likeness (QED) is 0.831. The van der Waals surface area contributed by atoms with Crippen LogP contribution >= 0.6 is 12.4 Å². The topological polar surface area (TPSA) is 47.9 Å². The van der Waals surface area contributed by atoms with Crippen molar-refractivity contribution >= 4 is 24.4 Å². The summed E-state index contributed by atoms with van der Waals surface area (Å²) in [5.41, 5.74) is 7.16. The number of nitrogens with zero attached hydrogens (tertiary/aromatic N) is 3. The third-order valence-corrected chi connectivity index (χ3v) is 6.35. The summed E-state index contributed by atoms with van der Waals surface area (Å²) in [4.78, 5) is 19.6. The average molecular weight is 347 g/mol. The van der Waals surface area contributed by atoms with Crippen molar-refractivity contribution in [3.05, 3.63) is 35.3 Å². The van der Waals surface area contributed by atoms with Crippen LogP contribution in [0.4, 0.5) is 0 Å². The van der Waals surface area contributed by atoms with E-state index < -0.39 is 0 Å². The van der Waals surface area contributed by atoms with Crippen molar-refractivity contribution < 1.29 is 4.79 Å². The van der Waals surface area contributed by atoms with Crippen molar-refractivity contribution in [2.24, 2.45) is 16.3 Å². The lowest BCUT2D eigenvalue weighted by molar-refractivity contribution is -0.119. The summed E-state index contributed by atoms with van der Waals surface area (Å²) in [5, 5.41) is 2.04. The molecule has 0 aromatic heterocycles. The van der Waals surface area contributed by atoms with Crippen LogP contribution in [0.5, 0.6) is 0 Å². The number of hydrogen-bond acceptors (Lipinski definition) is 5. The molecule has 2 bridgehead atoms. The van der Waals surface area contributed by atoms with E-state index in [0.29, 0.717) is 5.41 Å². The van der Waals surface area contributed by atoms with Crippen LogP contribution in [-0.4, -0.2) is 48.1 Å². The monoisotopic (exact) mass is 346 g/mol. The Morgan fingerprint density at radius 3 is 2.75 bits per heavy atom. The van der Waals surface area contributed by atoms with Crippen molar-refractivity contribution in [2.45, 2.75) is 25.7 Å². The normalized spacial score (nSPS) is 36.4. The Labute approximate surface area is 148 Å². The number of halogens is 1. The van der Waals surface area contributed by atoms with Crippen LogP contribution < -0.4 is 5.43 Å². The minimum atomic E-state index is 0. The van der Waals surface area contributed by atoms with Gasteiger partial charge in [0.1, 0.15) is 0 Å². The molecule has 128 valence electrons. The minimum Gasteiger partial charge on any atom is -0.303 e. The summed E-state index contributed by atoms with van der Waals surface area (Å²) in [6, 6.07) is 0. The van der Waals surface area contributed by atoms with Gasteiger partial charge < -0.3 is 4.90 Å². The van der Waals surface area contributed by atoms with Gasteiger partial charge in [-0.25, -0.2) is 5.43 Å². The number of carbonyl (C=O) groups excluding carboxylic acids is 1. The second-order valence-corrected chi connectivity index (χ2v) is 7.51. The van der Waals surface area contributed by atoms with E-state index in [9.17, 15) is 4.79 Å². The average Bonchev–Trinajstić information content (AvgIpc) is 2.90. The van der Waals surface area contributed by atoms with Crippen LogP contribution in [0, 0.1) is 11.3 Å². The molecule has 5 heterocycles. The Morgan fingerprint density at radius 2 is 2.00 bits per heavy atom. The highest BCUT2D eigenvalue weighted by atomic mass is 35.5. The fraction of sp³-hybridized carbons (Fsp3) is 0.556. The predicted octanol–water partition coefficient (Wildman–Crippen LogP) is 2.04. The number of hydrazine groups is 1.